The first-order valence-corrected chi connectivity index (χ1v) is 4.78. The van der Waals surface area contributed by atoms with Gasteiger partial charge in [0.05, 0.1) is 19.8 Å². The van der Waals surface area contributed by atoms with Gasteiger partial charge in [0.1, 0.15) is 12.2 Å². The molecule has 0 saturated carbocycles. The predicted octanol–water partition coefficient (Wildman–Crippen LogP) is 0.963. The molecule has 1 saturated heterocycles. The van der Waals surface area contributed by atoms with Crippen LogP contribution in [0.15, 0.2) is 30.3 Å². The standard InChI is InChI=1S/C11H14O3/c12-6-10-11(14-10)8-13-7-9-4-2-1-3-5-9/h1-5,10-12H,6-8H2/t10-,11+/m0/s1/i10+1. The second-order valence-corrected chi connectivity index (χ2v) is 3.40. The highest BCUT2D eigenvalue weighted by atomic mass is 16.7. The highest BCUT2D eigenvalue weighted by Gasteiger charge is 2.37. The third-order valence-corrected chi connectivity index (χ3v) is 2.26. The molecule has 1 aromatic carbocycles. The number of ether oxygens (including phenoxy) is 2. The number of rotatable bonds is 5. The summed E-state index contributed by atoms with van der Waals surface area (Å²) in [5.41, 5.74) is 1.16. The Morgan fingerprint density at radius 3 is 2.64 bits per heavy atom. The van der Waals surface area contributed by atoms with Crippen LogP contribution in [0.25, 0.3) is 0 Å². The van der Waals surface area contributed by atoms with E-state index in [4.69, 9.17) is 14.6 Å². The molecule has 1 aliphatic rings. The average molecular weight is 195 g/mol. The van der Waals surface area contributed by atoms with Gasteiger partial charge in [-0.2, -0.15) is 0 Å². The van der Waals surface area contributed by atoms with Crippen LogP contribution in [0.1, 0.15) is 5.56 Å². The summed E-state index contributed by atoms with van der Waals surface area (Å²) in [7, 11) is 0. The molecule has 0 amide bonds. The lowest BCUT2D eigenvalue weighted by Gasteiger charge is -2.01. The largest absolute Gasteiger partial charge is 0.394 e. The van der Waals surface area contributed by atoms with Gasteiger partial charge >= 0.3 is 0 Å². The minimum Gasteiger partial charge on any atom is -0.394 e. The maximum atomic E-state index is 8.71. The van der Waals surface area contributed by atoms with Crippen LogP contribution < -0.4 is 0 Å². The summed E-state index contributed by atoms with van der Waals surface area (Å²) in [6.07, 6.45) is 0.106. The average Bonchev–Trinajstić information content (AvgIpc) is 2.98. The van der Waals surface area contributed by atoms with Gasteiger partial charge in [0.2, 0.25) is 0 Å². The maximum Gasteiger partial charge on any atom is 0.110 e. The second kappa shape index (κ2) is 4.55. The van der Waals surface area contributed by atoms with Crippen LogP contribution in [0.5, 0.6) is 0 Å². The Bertz CT molecular complexity index is 273. The summed E-state index contributed by atoms with van der Waals surface area (Å²) in [5.74, 6) is 0. The van der Waals surface area contributed by atoms with E-state index < -0.39 is 0 Å². The fourth-order valence-electron chi connectivity index (χ4n) is 1.35. The fraction of sp³-hybridized carbons (Fsp3) is 0.455. The first kappa shape index (κ1) is 9.65. The Balaban J connectivity index is 1.64. The lowest BCUT2D eigenvalue weighted by Crippen LogP contribution is -2.07. The van der Waals surface area contributed by atoms with Crippen molar-refractivity contribution in [1.29, 1.82) is 0 Å². The molecule has 0 radical (unpaired) electrons. The molecule has 3 heteroatoms. The molecule has 1 aliphatic heterocycles. The van der Waals surface area contributed by atoms with E-state index in [0.29, 0.717) is 13.2 Å². The van der Waals surface area contributed by atoms with Gasteiger partial charge < -0.3 is 14.6 Å². The van der Waals surface area contributed by atoms with Crippen LogP contribution in [0.2, 0.25) is 0 Å². The molecule has 0 bridgehead atoms. The summed E-state index contributed by atoms with van der Waals surface area (Å²) < 4.78 is 10.6. The quantitative estimate of drug-likeness (QED) is 0.562. The number of epoxide rings is 1. The summed E-state index contributed by atoms with van der Waals surface area (Å²) in [5, 5.41) is 8.71. The summed E-state index contributed by atoms with van der Waals surface area (Å²) in [4.78, 5) is 0. The van der Waals surface area contributed by atoms with Crippen LogP contribution >= 0.6 is 0 Å². The van der Waals surface area contributed by atoms with Crippen molar-refractivity contribution in [2.24, 2.45) is 0 Å². The Kier molecular flexibility index (Phi) is 3.14. The van der Waals surface area contributed by atoms with Crippen LogP contribution in [0.4, 0.5) is 0 Å². The molecular formula is C11H14O3. The topological polar surface area (TPSA) is 42.0 Å². The summed E-state index contributed by atoms with van der Waals surface area (Å²) in [6, 6.07) is 10.0. The molecule has 0 aliphatic carbocycles. The third-order valence-electron chi connectivity index (χ3n) is 2.26. The molecule has 14 heavy (non-hydrogen) atoms. The van der Waals surface area contributed by atoms with Crippen molar-refractivity contribution >= 4 is 0 Å². The number of hydrogen-bond acceptors (Lipinski definition) is 3. The van der Waals surface area contributed by atoms with Crippen LogP contribution in [-0.2, 0) is 16.1 Å². The van der Waals surface area contributed by atoms with Gasteiger partial charge in [-0.25, -0.2) is 0 Å². The van der Waals surface area contributed by atoms with E-state index in [2.05, 4.69) is 0 Å². The minimum atomic E-state index is 0.00535. The lowest BCUT2D eigenvalue weighted by atomic mass is 10.2. The lowest BCUT2D eigenvalue weighted by molar-refractivity contribution is 0.104. The van der Waals surface area contributed by atoms with Crippen LogP contribution in [0.3, 0.4) is 0 Å². The van der Waals surface area contributed by atoms with Gasteiger partial charge in [0.25, 0.3) is 0 Å². The monoisotopic (exact) mass is 195 g/mol. The minimum absolute atomic E-state index is 0.00535. The van der Waals surface area contributed by atoms with E-state index >= 15 is 0 Å². The first-order valence-electron chi connectivity index (χ1n) is 4.78. The van der Waals surface area contributed by atoms with Gasteiger partial charge in [-0.3, -0.25) is 0 Å². The molecule has 2 rings (SSSR count). The molecule has 0 unspecified atom stereocenters. The first-order chi connectivity index (χ1) is 6.90. The van der Waals surface area contributed by atoms with E-state index in [1.807, 2.05) is 30.3 Å². The van der Waals surface area contributed by atoms with Crippen LogP contribution in [0, 0.1) is 0 Å². The number of aliphatic hydroxyl groups is 1. The normalized spacial score (nSPS) is 24.9. The van der Waals surface area contributed by atoms with E-state index in [1.54, 1.807) is 0 Å². The van der Waals surface area contributed by atoms with E-state index in [0.717, 1.165) is 5.56 Å². The van der Waals surface area contributed by atoms with Crippen molar-refractivity contribution in [1.82, 2.24) is 0 Å². The Labute approximate surface area is 83.3 Å². The van der Waals surface area contributed by atoms with Crippen molar-refractivity contribution in [3.63, 3.8) is 0 Å². The SMILES string of the molecule is OC[13C@@H]1O[C@@H]1COCc1ccccc1. The molecule has 1 aromatic rings. The van der Waals surface area contributed by atoms with Gasteiger partial charge in [-0.05, 0) is 5.56 Å². The maximum absolute atomic E-state index is 8.71. The second-order valence-electron chi connectivity index (χ2n) is 3.40. The zero-order valence-electron chi connectivity index (χ0n) is 7.93. The van der Waals surface area contributed by atoms with Gasteiger partial charge in [-0.1, -0.05) is 30.3 Å². The highest BCUT2D eigenvalue weighted by Crippen LogP contribution is 2.21. The fourth-order valence-corrected chi connectivity index (χ4v) is 1.35. The zero-order valence-corrected chi connectivity index (χ0v) is 7.93. The van der Waals surface area contributed by atoms with Crippen molar-refractivity contribution in [2.75, 3.05) is 13.2 Å². The number of hydrogen-bond donors (Lipinski definition) is 1. The third kappa shape index (κ3) is 2.54. The van der Waals surface area contributed by atoms with Gasteiger partial charge in [0.15, 0.2) is 0 Å². The smallest absolute Gasteiger partial charge is 0.110 e. The van der Waals surface area contributed by atoms with Gasteiger partial charge in [-0.15, -0.1) is 0 Å². The molecule has 1 heterocycles. The molecular weight excluding hydrogens is 181 g/mol. The Hall–Kier alpha value is -0.900. The molecule has 1 N–H and O–H groups in total. The van der Waals surface area contributed by atoms with Crippen molar-refractivity contribution in [2.45, 2.75) is 18.8 Å². The summed E-state index contributed by atoms with van der Waals surface area (Å²) in [6.45, 7) is 1.28. The molecule has 76 valence electrons. The van der Waals surface area contributed by atoms with Gasteiger partial charge in [0, 0.05) is 0 Å². The van der Waals surface area contributed by atoms with Crippen LogP contribution in [-0.4, -0.2) is 30.5 Å². The van der Waals surface area contributed by atoms with Crippen molar-refractivity contribution in [3.8, 4) is 0 Å². The van der Waals surface area contributed by atoms with E-state index in [1.165, 1.54) is 0 Å². The van der Waals surface area contributed by atoms with E-state index in [9.17, 15) is 0 Å². The Morgan fingerprint density at radius 2 is 2.00 bits per heavy atom. The molecule has 0 spiro atoms. The predicted molar refractivity (Wildman–Crippen MR) is 51.8 cm³/mol. The zero-order chi connectivity index (χ0) is 9.80. The molecule has 3 nitrogen and oxygen atoms in total. The molecule has 2 atom stereocenters. The number of benzene rings is 1. The Morgan fingerprint density at radius 1 is 1.21 bits per heavy atom. The van der Waals surface area contributed by atoms with E-state index in [-0.39, 0.29) is 18.8 Å². The molecule has 0 aromatic heterocycles. The highest BCUT2D eigenvalue weighted by molar-refractivity contribution is 5.13. The van der Waals surface area contributed by atoms with Crippen molar-refractivity contribution in [3.05, 3.63) is 35.9 Å². The number of aliphatic hydroxyl groups excluding tert-OH is 1. The van der Waals surface area contributed by atoms with Crippen molar-refractivity contribution < 1.29 is 14.6 Å². The summed E-state index contributed by atoms with van der Waals surface area (Å²) >= 11 is 0. The molecule has 1 fully saturated rings.